The summed E-state index contributed by atoms with van der Waals surface area (Å²) in [6.45, 7) is 12.3. The fourth-order valence-electron chi connectivity index (χ4n) is 5.62. The Balaban J connectivity index is 0.000000298. The maximum absolute atomic E-state index is 8.57. The van der Waals surface area contributed by atoms with Crippen molar-refractivity contribution in [1.82, 2.24) is 0 Å². The first-order valence-corrected chi connectivity index (χ1v) is 19.5. The van der Waals surface area contributed by atoms with E-state index in [0.717, 1.165) is 117 Å². The van der Waals surface area contributed by atoms with Crippen molar-refractivity contribution in [2.75, 3.05) is 112 Å². The molecule has 0 aliphatic carbocycles. The van der Waals surface area contributed by atoms with E-state index in [9.17, 15) is 0 Å². The zero-order valence-corrected chi connectivity index (χ0v) is 31.5. The molecule has 7 rings (SSSR count). The number of aliphatic hydroxyl groups is 6. The molecule has 14 nitrogen and oxygen atoms in total. The lowest BCUT2D eigenvalue weighted by Gasteiger charge is -2.19. The highest BCUT2D eigenvalue weighted by atomic mass is 16.7. The van der Waals surface area contributed by atoms with Gasteiger partial charge in [-0.3, -0.25) is 0 Å². The van der Waals surface area contributed by atoms with Crippen molar-refractivity contribution in [2.24, 2.45) is 17.8 Å². The zero-order valence-electron chi connectivity index (χ0n) is 31.5. The summed E-state index contributed by atoms with van der Waals surface area (Å²) in [5.41, 5.74) is 0. The molecule has 0 aromatic rings. The summed E-state index contributed by atoms with van der Waals surface area (Å²) in [7, 11) is 0. The van der Waals surface area contributed by atoms with Gasteiger partial charge in [0.15, 0.2) is 6.29 Å². The Labute approximate surface area is 307 Å². The molecule has 14 heteroatoms. The van der Waals surface area contributed by atoms with Crippen LogP contribution in [0.1, 0.15) is 84.0 Å². The lowest BCUT2D eigenvalue weighted by Crippen LogP contribution is -2.22. The first-order valence-electron chi connectivity index (χ1n) is 19.5. The molecule has 6 N–H and O–H groups in total. The van der Waals surface area contributed by atoms with Crippen molar-refractivity contribution in [2.45, 2.75) is 109 Å². The highest BCUT2D eigenvalue weighted by Crippen LogP contribution is 2.16. The number of hydrogen-bond acceptors (Lipinski definition) is 14. The summed E-state index contributed by atoms with van der Waals surface area (Å²) in [5.74, 6) is 1.73. The molecule has 0 amide bonds. The monoisotopic (exact) mass is 743 g/mol. The maximum atomic E-state index is 8.57. The Morgan fingerprint density at radius 1 is 0.373 bits per heavy atom. The van der Waals surface area contributed by atoms with Crippen LogP contribution in [-0.4, -0.2) is 168 Å². The molecule has 0 aromatic heterocycles. The summed E-state index contributed by atoms with van der Waals surface area (Å²) < 4.78 is 40.2. The van der Waals surface area contributed by atoms with Crippen molar-refractivity contribution in [3.8, 4) is 0 Å². The van der Waals surface area contributed by atoms with Gasteiger partial charge in [0.05, 0.1) is 71.2 Å². The molecule has 0 aromatic carbocycles. The Bertz CT molecular complexity index is 570. The van der Waals surface area contributed by atoms with Gasteiger partial charge in [0.1, 0.15) is 0 Å². The van der Waals surface area contributed by atoms with E-state index in [0.29, 0.717) is 38.3 Å². The van der Waals surface area contributed by atoms with Gasteiger partial charge in [-0.25, -0.2) is 0 Å². The van der Waals surface area contributed by atoms with Crippen LogP contribution in [0.2, 0.25) is 0 Å². The second-order valence-electron chi connectivity index (χ2n) is 13.5. The van der Waals surface area contributed by atoms with Crippen LogP contribution in [0, 0.1) is 17.8 Å². The van der Waals surface area contributed by atoms with Crippen molar-refractivity contribution >= 4 is 0 Å². The number of ether oxygens (including phenoxy) is 8. The van der Waals surface area contributed by atoms with E-state index in [-0.39, 0.29) is 51.0 Å². The number of hydrogen-bond donors (Lipinski definition) is 6. The molecule has 7 aliphatic heterocycles. The molecular formula is C37H74O14. The van der Waals surface area contributed by atoms with Crippen LogP contribution in [-0.2, 0) is 37.9 Å². The van der Waals surface area contributed by atoms with Crippen LogP contribution in [0.3, 0.4) is 0 Å². The smallest absolute Gasteiger partial charge is 0.180 e. The summed E-state index contributed by atoms with van der Waals surface area (Å²) in [5, 5.41) is 50.7. The predicted molar refractivity (Wildman–Crippen MR) is 191 cm³/mol. The molecule has 7 fully saturated rings. The van der Waals surface area contributed by atoms with Crippen molar-refractivity contribution < 1.29 is 68.5 Å². The van der Waals surface area contributed by atoms with Gasteiger partial charge in [-0.2, -0.15) is 0 Å². The molecule has 0 radical (unpaired) electrons. The minimum absolute atomic E-state index is 0.0278. The highest BCUT2D eigenvalue weighted by Gasteiger charge is 2.16. The summed E-state index contributed by atoms with van der Waals surface area (Å²) in [6, 6.07) is 0. The van der Waals surface area contributed by atoms with E-state index in [1.54, 1.807) is 0 Å². The van der Waals surface area contributed by atoms with Crippen molar-refractivity contribution in [3.05, 3.63) is 0 Å². The minimum atomic E-state index is -0.347. The van der Waals surface area contributed by atoms with Gasteiger partial charge in [-0.1, -0.05) is 13.3 Å². The Hall–Kier alpha value is -0.560. The van der Waals surface area contributed by atoms with Crippen LogP contribution < -0.4 is 0 Å². The quantitative estimate of drug-likeness (QED) is 0.222. The largest absolute Gasteiger partial charge is 0.396 e. The Morgan fingerprint density at radius 3 is 1.04 bits per heavy atom. The predicted octanol–water partition coefficient (Wildman–Crippen LogP) is 2.07. The normalized spacial score (nSPS) is 29.9. The van der Waals surface area contributed by atoms with Crippen LogP contribution in [0.15, 0.2) is 0 Å². The fraction of sp³-hybridized carbons (Fsp3) is 1.00. The number of aliphatic hydroxyl groups excluding tert-OH is 6. The van der Waals surface area contributed by atoms with Crippen LogP contribution in [0.25, 0.3) is 0 Å². The second kappa shape index (κ2) is 35.2. The standard InChI is InChI=1S/C7H14O.C6H12O2.4C5H10O2.C4H8O3/c1-2-7-4-3-5-8-6-7;7-5-6-3-1-2-4-8-6;2*6-3-5-1-2-7-4-5;2*6-4-5-2-1-3-7-5;5-3-4-6-1-2-7-4/h7H,2-6H2,1H3;6-7H,1-5H2;4*5-6H,1-4H2;4-5H,1-3H2/t;;4*5-;/m..1010./s1. The third-order valence-corrected chi connectivity index (χ3v) is 9.17. The molecule has 0 bridgehead atoms. The SMILES string of the molecule is CCC1CCCOC1.OCC1CCCCO1.OCC1OCCO1.OC[C@@H]1CCCO1.OC[C@@H]1CCOC1.OC[C@H]1CCCO1.OC[C@H]1CCOC1. The van der Waals surface area contributed by atoms with E-state index in [4.69, 9.17) is 68.5 Å². The molecule has 0 spiro atoms. The van der Waals surface area contributed by atoms with Crippen LogP contribution in [0.4, 0.5) is 0 Å². The van der Waals surface area contributed by atoms with Crippen molar-refractivity contribution in [1.29, 1.82) is 0 Å². The van der Waals surface area contributed by atoms with Gasteiger partial charge < -0.3 is 68.5 Å². The second-order valence-corrected chi connectivity index (χ2v) is 13.5. The van der Waals surface area contributed by atoms with E-state index in [2.05, 4.69) is 6.92 Å². The summed E-state index contributed by atoms with van der Waals surface area (Å²) in [4.78, 5) is 0. The molecule has 6 atom stereocenters. The Morgan fingerprint density at radius 2 is 0.804 bits per heavy atom. The maximum Gasteiger partial charge on any atom is 0.180 e. The summed E-state index contributed by atoms with van der Waals surface area (Å²) >= 11 is 0. The van der Waals surface area contributed by atoms with Gasteiger partial charge >= 0.3 is 0 Å². The van der Waals surface area contributed by atoms with Gasteiger partial charge in [0, 0.05) is 71.3 Å². The third kappa shape index (κ3) is 26.8. The van der Waals surface area contributed by atoms with Gasteiger partial charge in [-0.15, -0.1) is 0 Å². The fourth-order valence-corrected chi connectivity index (χ4v) is 5.62. The molecule has 51 heavy (non-hydrogen) atoms. The third-order valence-electron chi connectivity index (χ3n) is 9.17. The van der Waals surface area contributed by atoms with Crippen molar-refractivity contribution in [3.63, 3.8) is 0 Å². The average Bonchev–Trinajstić information content (AvgIpc) is 4.07. The zero-order chi connectivity index (χ0) is 37.2. The molecule has 7 heterocycles. The molecule has 306 valence electrons. The molecule has 7 aliphatic rings. The first-order chi connectivity index (χ1) is 25.0. The van der Waals surface area contributed by atoms with E-state index >= 15 is 0 Å². The van der Waals surface area contributed by atoms with Gasteiger partial charge in [0.25, 0.3) is 0 Å². The van der Waals surface area contributed by atoms with E-state index < -0.39 is 0 Å². The first kappa shape index (κ1) is 48.5. The topological polar surface area (TPSA) is 195 Å². The summed E-state index contributed by atoms with van der Waals surface area (Å²) in [6.07, 6.45) is 13.9. The molecule has 7 saturated heterocycles. The molecular weight excluding hydrogens is 668 g/mol. The Kier molecular flexibility index (Phi) is 33.4. The lowest BCUT2D eigenvalue weighted by atomic mass is 10.0. The van der Waals surface area contributed by atoms with E-state index in [1.807, 2.05) is 0 Å². The van der Waals surface area contributed by atoms with Gasteiger partial charge in [0.2, 0.25) is 0 Å². The molecule has 2 unspecified atom stereocenters. The van der Waals surface area contributed by atoms with Crippen LogP contribution >= 0.6 is 0 Å². The molecule has 0 saturated carbocycles. The number of rotatable bonds is 7. The minimum Gasteiger partial charge on any atom is -0.396 e. The average molecular weight is 743 g/mol. The van der Waals surface area contributed by atoms with Gasteiger partial charge in [-0.05, 0) is 76.5 Å². The van der Waals surface area contributed by atoms with E-state index in [1.165, 1.54) is 25.7 Å². The van der Waals surface area contributed by atoms with Crippen LogP contribution in [0.5, 0.6) is 0 Å². The lowest BCUT2D eigenvalue weighted by molar-refractivity contribution is -0.0747. The highest BCUT2D eigenvalue weighted by molar-refractivity contribution is 4.64.